The lowest BCUT2D eigenvalue weighted by molar-refractivity contribution is -0.117. The van der Waals surface area contributed by atoms with Gasteiger partial charge >= 0.3 is 0 Å². The minimum atomic E-state index is -0.365. The molecule has 0 aliphatic carbocycles. The molecule has 1 aromatic carbocycles. The van der Waals surface area contributed by atoms with E-state index in [2.05, 4.69) is 26.6 Å². The molecular weight excluding hydrogens is 306 g/mol. The van der Waals surface area contributed by atoms with Gasteiger partial charge in [0.2, 0.25) is 0 Å². The molecule has 0 bridgehead atoms. The number of rotatable bonds is 5. The lowest BCUT2D eigenvalue weighted by Crippen LogP contribution is -2.28. The molecule has 5 heteroatoms. The molecule has 0 radical (unpaired) electrons. The van der Waals surface area contributed by atoms with Crippen molar-refractivity contribution in [1.29, 1.82) is 5.26 Å². The molecule has 1 aromatic rings. The second kappa shape index (κ2) is 7.59. The third-order valence-electron chi connectivity index (χ3n) is 2.28. The van der Waals surface area contributed by atoms with Crippen LogP contribution in [0, 0.1) is 17.2 Å². The molecule has 100 valence electrons. The number of nitrogens with zero attached hydrogens (tertiary/aromatic N) is 1. The molecule has 1 rings (SSSR count). The van der Waals surface area contributed by atoms with Crippen molar-refractivity contribution in [1.82, 2.24) is 5.32 Å². The summed E-state index contributed by atoms with van der Waals surface area (Å²) in [5.74, 6) is -0.0177. The first-order valence-electron chi connectivity index (χ1n) is 5.94. The molecule has 0 fully saturated rings. The van der Waals surface area contributed by atoms with Gasteiger partial charge in [-0.15, -0.1) is 0 Å². The summed E-state index contributed by atoms with van der Waals surface area (Å²) in [7, 11) is 0. The smallest absolute Gasteiger partial charge is 0.263 e. The van der Waals surface area contributed by atoms with E-state index in [1.807, 2.05) is 44.2 Å². The van der Waals surface area contributed by atoms with Crippen molar-refractivity contribution in [2.24, 2.45) is 5.92 Å². The maximum absolute atomic E-state index is 11.7. The quantitative estimate of drug-likeness (QED) is 0.647. The predicted octanol–water partition coefficient (Wildman–Crippen LogP) is 3.04. The summed E-state index contributed by atoms with van der Waals surface area (Å²) < 4.78 is 0.867. The summed E-state index contributed by atoms with van der Waals surface area (Å²) in [5, 5.41) is 14.6. The molecule has 0 aromatic heterocycles. The molecule has 0 heterocycles. The number of anilines is 1. The monoisotopic (exact) mass is 321 g/mol. The van der Waals surface area contributed by atoms with Crippen LogP contribution < -0.4 is 10.6 Å². The van der Waals surface area contributed by atoms with Crippen molar-refractivity contribution in [3.05, 3.63) is 40.5 Å². The van der Waals surface area contributed by atoms with Crippen LogP contribution in [0.3, 0.4) is 0 Å². The number of hydrogen-bond acceptors (Lipinski definition) is 3. The Morgan fingerprint density at radius 2 is 2.16 bits per heavy atom. The summed E-state index contributed by atoms with van der Waals surface area (Å²) in [4.78, 5) is 11.7. The number of amides is 1. The fourth-order valence-electron chi connectivity index (χ4n) is 1.27. The van der Waals surface area contributed by atoms with Crippen molar-refractivity contribution >= 4 is 27.5 Å². The zero-order chi connectivity index (χ0) is 14.3. The first-order valence-corrected chi connectivity index (χ1v) is 6.73. The molecule has 19 heavy (non-hydrogen) atoms. The Bertz CT molecular complexity index is 518. The number of nitriles is 1. The normalized spacial score (nSPS) is 11.0. The molecule has 2 N–H and O–H groups in total. The average Bonchev–Trinajstić information content (AvgIpc) is 2.39. The van der Waals surface area contributed by atoms with Crippen LogP contribution in [0.15, 0.2) is 40.5 Å². The molecule has 1 amide bonds. The molecule has 0 aliphatic heterocycles. The van der Waals surface area contributed by atoms with Crippen molar-refractivity contribution < 1.29 is 4.79 Å². The molecule has 0 saturated heterocycles. The number of hydrogen-bond donors (Lipinski definition) is 2. The van der Waals surface area contributed by atoms with Crippen LogP contribution in [0.25, 0.3) is 0 Å². The Labute approximate surface area is 121 Å². The number of halogens is 1. The third kappa shape index (κ3) is 5.14. The summed E-state index contributed by atoms with van der Waals surface area (Å²) in [6, 6.07) is 9.37. The number of nitrogens with one attached hydrogen (secondary N) is 2. The molecule has 4 nitrogen and oxygen atoms in total. The second-order valence-corrected chi connectivity index (χ2v) is 5.25. The number of para-hydroxylation sites is 1. The van der Waals surface area contributed by atoms with Gasteiger partial charge in [-0.25, -0.2) is 0 Å². The highest BCUT2D eigenvalue weighted by Crippen LogP contribution is 2.21. The summed E-state index contributed by atoms with van der Waals surface area (Å²) in [5.41, 5.74) is 0.850. The van der Waals surface area contributed by atoms with Gasteiger partial charge in [-0.1, -0.05) is 26.0 Å². The topological polar surface area (TPSA) is 64.9 Å². The fraction of sp³-hybridized carbons (Fsp3) is 0.286. The molecule has 0 saturated carbocycles. The van der Waals surface area contributed by atoms with Crippen LogP contribution in [-0.2, 0) is 4.79 Å². The third-order valence-corrected chi connectivity index (χ3v) is 2.97. The lowest BCUT2D eigenvalue weighted by atomic mass is 10.2. The maximum atomic E-state index is 11.7. The Morgan fingerprint density at radius 3 is 2.74 bits per heavy atom. The minimum absolute atomic E-state index is 0.0522. The van der Waals surface area contributed by atoms with Crippen molar-refractivity contribution in [3.63, 3.8) is 0 Å². The first kappa shape index (κ1) is 15.3. The van der Waals surface area contributed by atoms with Gasteiger partial charge in [0.15, 0.2) is 0 Å². The first-order chi connectivity index (χ1) is 9.04. The zero-order valence-electron chi connectivity index (χ0n) is 10.9. The predicted molar refractivity (Wildman–Crippen MR) is 79.3 cm³/mol. The van der Waals surface area contributed by atoms with Crippen molar-refractivity contribution in [2.75, 3.05) is 11.9 Å². The van der Waals surface area contributed by atoms with Gasteiger partial charge in [-0.3, -0.25) is 4.79 Å². The lowest BCUT2D eigenvalue weighted by Gasteiger charge is -2.07. The average molecular weight is 322 g/mol. The highest BCUT2D eigenvalue weighted by Gasteiger charge is 2.09. The molecular formula is C14H16BrN3O. The van der Waals surface area contributed by atoms with E-state index in [0.717, 1.165) is 10.2 Å². The molecule has 0 aliphatic rings. The van der Waals surface area contributed by atoms with Crippen LogP contribution in [0.1, 0.15) is 13.8 Å². The minimum Gasteiger partial charge on any atom is -0.359 e. The van der Waals surface area contributed by atoms with Crippen LogP contribution >= 0.6 is 15.9 Å². The zero-order valence-corrected chi connectivity index (χ0v) is 12.5. The number of benzene rings is 1. The second-order valence-electron chi connectivity index (χ2n) is 4.40. The SMILES string of the molecule is CC(C)CNC(=O)/C(C#N)=C\Nc1ccccc1Br. The van der Waals surface area contributed by atoms with E-state index in [0.29, 0.717) is 12.5 Å². The van der Waals surface area contributed by atoms with Gasteiger partial charge in [0.1, 0.15) is 11.6 Å². The standard InChI is InChI=1S/C14H16BrN3O/c1-10(2)8-18-14(19)11(7-16)9-17-13-6-4-3-5-12(13)15/h3-6,9-10,17H,8H2,1-2H3,(H,18,19)/b11-9-. The maximum Gasteiger partial charge on any atom is 0.263 e. The van der Waals surface area contributed by atoms with Crippen molar-refractivity contribution in [2.45, 2.75) is 13.8 Å². The number of carbonyl (C=O) groups is 1. The van der Waals surface area contributed by atoms with Gasteiger partial charge in [0.05, 0.1) is 5.69 Å². The fourth-order valence-corrected chi connectivity index (χ4v) is 1.67. The Kier molecular flexibility index (Phi) is 6.10. The van der Waals surface area contributed by atoms with E-state index in [1.165, 1.54) is 6.20 Å². The molecule has 0 atom stereocenters. The van der Waals surface area contributed by atoms with E-state index in [-0.39, 0.29) is 11.5 Å². The van der Waals surface area contributed by atoms with Crippen LogP contribution in [0.4, 0.5) is 5.69 Å². The highest BCUT2D eigenvalue weighted by atomic mass is 79.9. The van der Waals surface area contributed by atoms with Crippen LogP contribution in [0.5, 0.6) is 0 Å². The van der Waals surface area contributed by atoms with Gasteiger partial charge in [-0.2, -0.15) is 5.26 Å². The Balaban J connectivity index is 2.70. The summed E-state index contributed by atoms with van der Waals surface area (Å²) >= 11 is 3.38. The van der Waals surface area contributed by atoms with E-state index < -0.39 is 0 Å². The van der Waals surface area contributed by atoms with Gasteiger partial charge in [-0.05, 0) is 34.0 Å². The Morgan fingerprint density at radius 1 is 1.47 bits per heavy atom. The highest BCUT2D eigenvalue weighted by molar-refractivity contribution is 9.10. The van der Waals surface area contributed by atoms with Gasteiger partial charge < -0.3 is 10.6 Å². The molecule has 0 unspecified atom stereocenters. The number of carbonyl (C=O) groups excluding carboxylic acids is 1. The Hall–Kier alpha value is -1.80. The van der Waals surface area contributed by atoms with E-state index in [4.69, 9.17) is 5.26 Å². The largest absolute Gasteiger partial charge is 0.359 e. The van der Waals surface area contributed by atoms with Crippen molar-refractivity contribution in [3.8, 4) is 6.07 Å². The van der Waals surface area contributed by atoms with Crippen LogP contribution in [0.2, 0.25) is 0 Å². The van der Waals surface area contributed by atoms with E-state index in [1.54, 1.807) is 0 Å². The summed E-state index contributed by atoms with van der Waals surface area (Å²) in [6.45, 7) is 4.54. The van der Waals surface area contributed by atoms with Gasteiger partial charge in [0, 0.05) is 17.2 Å². The van der Waals surface area contributed by atoms with E-state index in [9.17, 15) is 4.79 Å². The molecule has 0 spiro atoms. The van der Waals surface area contributed by atoms with Crippen LogP contribution in [-0.4, -0.2) is 12.5 Å². The van der Waals surface area contributed by atoms with Gasteiger partial charge in [0.25, 0.3) is 5.91 Å². The van der Waals surface area contributed by atoms with E-state index >= 15 is 0 Å². The summed E-state index contributed by atoms with van der Waals surface area (Å²) in [6.07, 6.45) is 1.41.